The summed E-state index contributed by atoms with van der Waals surface area (Å²) in [6.45, 7) is 4.13. The van der Waals surface area contributed by atoms with Crippen LogP contribution in [0.2, 0.25) is 0 Å². The van der Waals surface area contributed by atoms with E-state index in [1.807, 2.05) is 44.2 Å². The third kappa shape index (κ3) is 6.80. The molecule has 20 heavy (non-hydrogen) atoms. The maximum atomic E-state index is 11.8. The van der Waals surface area contributed by atoms with Gasteiger partial charge in [-0.25, -0.2) is 0 Å². The van der Waals surface area contributed by atoms with E-state index >= 15 is 0 Å². The van der Waals surface area contributed by atoms with Crippen molar-refractivity contribution in [2.24, 2.45) is 5.92 Å². The van der Waals surface area contributed by atoms with E-state index in [1.165, 1.54) is 0 Å². The zero-order valence-electron chi connectivity index (χ0n) is 11.4. The number of amides is 1. The van der Waals surface area contributed by atoms with E-state index in [0.717, 1.165) is 5.56 Å². The highest BCUT2D eigenvalue weighted by molar-refractivity contribution is 6.68. The highest BCUT2D eigenvalue weighted by Gasteiger charge is 2.35. The smallest absolute Gasteiger partial charge is 0.234 e. The minimum Gasteiger partial charge on any atom is -0.349 e. The summed E-state index contributed by atoms with van der Waals surface area (Å²) in [5, 5.41) is 2.60. The van der Waals surface area contributed by atoms with Crippen LogP contribution in [0, 0.1) is 5.92 Å². The van der Waals surface area contributed by atoms with Gasteiger partial charge in [0, 0.05) is 6.42 Å². The van der Waals surface area contributed by atoms with E-state index in [4.69, 9.17) is 39.5 Å². The van der Waals surface area contributed by atoms with E-state index in [1.54, 1.807) is 0 Å². The molecule has 0 spiro atoms. The van der Waals surface area contributed by atoms with Crippen LogP contribution in [-0.4, -0.2) is 15.9 Å². The summed E-state index contributed by atoms with van der Waals surface area (Å²) in [6, 6.07) is 9.47. The van der Waals surface area contributed by atoms with Gasteiger partial charge in [-0.3, -0.25) is 4.79 Å². The van der Waals surface area contributed by atoms with Crippen LogP contribution in [-0.2, 0) is 16.1 Å². The predicted octanol–water partition coefficient (Wildman–Crippen LogP) is 4.06. The molecular weight excluding hydrogens is 321 g/mol. The maximum Gasteiger partial charge on any atom is 0.234 e. The number of halogens is 3. The number of hydrogen-bond donors (Lipinski definition) is 1. The molecule has 0 radical (unpaired) electrons. The number of hydrogen-bond acceptors (Lipinski definition) is 2. The quantitative estimate of drug-likeness (QED) is 0.627. The zero-order chi connectivity index (χ0) is 15.2. The summed E-state index contributed by atoms with van der Waals surface area (Å²) in [6.07, 6.45) is -0.634. The number of ether oxygens (including phenoxy) is 1. The average Bonchev–Trinajstić information content (AvgIpc) is 2.33. The summed E-state index contributed by atoms with van der Waals surface area (Å²) >= 11 is 17.5. The standard InChI is InChI=1S/C14H18Cl3NO2/c1-10(2)8-12(19)18-13(14(15,16)17)20-9-11-6-4-3-5-7-11/h3-7,10,13H,8-9H2,1-2H3,(H,18,19)/t13-/m0/s1. The molecule has 1 atom stereocenters. The molecule has 1 amide bonds. The zero-order valence-corrected chi connectivity index (χ0v) is 13.7. The number of rotatable bonds is 6. The Morgan fingerprint density at radius 3 is 2.35 bits per heavy atom. The Kier molecular flexibility index (Phi) is 7.10. The first-order valence-electron chi connectivity index (χ1n) is 6.30. The lowest BCUT2D eigenvalue weighted by molar-refractivity contribution is -0.126. The molecule has 0 aromatic heterocycles. The summed E-state index contributed by atoms with van der Waals surface area (Å²) in [4.78, 5) is 11.8. The van der Waals surface area contributed by atoms with Gasteiger partial charge in [0.1, 0.15) is 0 Å². The Labute approximate surface area is 134 Å². The molecule has 0 saturated heterocycles. The number of benzene rings is 1. The summed E-state index contributed by atoms with van der Waals surface area (Å²) in [7, 11) is 0. The number of alkyl halides is 3. The molecule has 0 bridgehead atoms. The van der Waals surface area contributed by atoms with Crippen LogP contribution in [0.15, 0.2) is 30.3 Å². The second-order valence-electron chi connectivity index (χ2n) is 4.88. The molecule has 0 unspecified atom stereocenters. The Hall–Kier alpha value is -0.480. The number of carbonyl (C=O) groups is 1. The van der Waals surface area contributed by atoms with Crippen molar-refractivity contribution in [2.75, 3.05) is 0 Å². The fourth-order valence-electron chi connectivity index (χ4n) is 1.55. The van der Waals surface area contributed by atoms with Crippen molar-refractivity contribution < 1.29 is 9.53 Å². The molecular formula is C14H18Cl3NO2. The van der Waals surface area contributed by atoms with Crippen molar-refractivity contribution in [3.8, 4) is 0 Å². The molecule has 0 heterocycles. The van der Waals surface area contributed by atoms with Crippen LogP contribution < -0.4 is 5.32 Å². The minimum absolute atomic E-state index is 0.204. The van der Waals surface area contributed by atoms with E-state index < -0.39 is 10.0 Å². The van der Waals surface area contributed by atoms with Gasteiger partial charge in [0.25, 0.3) is 0 Å². The molecule has 0 aliphatic heterocycles. The number of nitrogens with one attached hydrogen (secondary N) is 1. The van der Waals surface area contributed by atoms with Gasteiger partial charge in [0.2, 0.25) is 9.70 Å². The average molecular weight is 339 g/mol. The third-order valence-corrected chi connectivity index (χ3v) is 3.04. The fraction of sp³-hybridized carbons (Fsp3) is 0.500. The van der Waals surface area contributed by atoms with E-state index in [-0.39, 0.29) is 18.4 Å². The van der Waals surface area contributed by atoms with Gasteiger partial charge in [-0.05, 0) is 11.5 Å². The van der Waals surface area contributed by atoms with E-state index in [0.29, 0.717) is 6.42 Å². The highest BCUT2D eigenvalue weighted by atomic mass is 35.6. The molecule has 1 N–H and O–H groups in total. The largest absolute Gasteiger partial charge is 0.349 e. The van der Waals surface area contributed by atoms with Crippen LogP contribution in [0.5, 0.6) is 0 Å². The van der Waals surface area contributed by atoms with Crippen molar-refractivity contribution in [1.82, 2.24) is 5.32 Å². The van der Waals surface area contributed by atoms with Gasteiger partial charge in [-0.2, -0.15) is 0 Å². The lowest BCUT2D eigenvalue weighted by Gasteiger charge is -2.26. The Morgan fingerprint density at radius 1 is 1.25 bits per heavy atom. The van der Waals surface area contributed by atoms with Crippen molar-refractivity contribution in [1.29, 1.82) is 0 Å². The maximum absolute atomic E-state index is 11.8. The van der Waals surface area contributed by atoms with Crippen LogP contribution >= 0.6 is 34.8 Å². The van der Waals surface area contributed by atoms with Gasteiger partial charge in [-0.15, -0.1) is 0 Å². The molecule has 1 rings (SSSR count). The molecule has 0 saturated carbocycles. The molecule has 0 aliphatic rings. The van der Waals surface area contributed by atoms with Gasteiger partial charge in [0.15, 0.2) is 6.23 Å². The van der Waals surface area contributed by atoms with Crippen molar-refractivity contribution in [3.05, 3.63) is 35.9 Å². The lowest BCUT2D eigenvalue weighted by atomic mass is 10.1. The molecule has 3 nitrogen and oxygen atoms in total. The van der Waals surface area contributed by atoms with Crippen LogP contribution in [0.4, 0.5) is 0 Å². The van der Waals surface area contributed by atoms with Crippen molar-refractivity contribution in [3.63, 3.8) is 0 Å². The molecule has 112 valence electrons. The van der Waals surface area contributed by atoms with Gasteiger partial charge in [-0.1, -0.05) is 79.0 Å². The van der Waals surface area contributed by atoms with E-state index in [2.05, 4.69) is 5.32 Å². The second-order valence-corrected chi connectivity index (χ2v) is 7.25. The minimum atomic E-state index is -1.72. The first-order chi connectivity index (χ1) is 9.29. The highest BCUT2D eigenvalue weighted by Crippen LogP contribution is 2.31. The molecule has 6 heteroatoms. The molecule has 0 fully saturated rings. The molecule has 0 aliphatic carbocycles. The predicted molar refractivity (Wildman–Crippen MR) is 82.9 cm³/mol. The Morgan fingerprint density at radius 2 is 1.85 bits per heavy atom. The fourth-order valence-corrected chi connectivity index (χ4v) is 1.90. The van der Waals surface area contributed by atoms with Gasteiger partial charge >= 0.3 is 0 Å². The van der Waals surface area contributed by atoms with Crippen LogP contribution in [0.25, 0.3) is 0 Å². The summed E-state index contributed by atoms with van der Waals surface area (Å²) in [5.41, 5.74) is 0.935. The van der Waals surface area contributed by atoms with E-state index in [9.17, 15) is 4.79 Å². The second kappa shape index (κ2) is 8.08. The Bertz CT molecular complexity index is 418. The van der Waals surface area contributed by atoms with Gasteiger partial charge < -0.3 is 10.1 Å². The van der Waals surface area contributed by atoms with Crippen LogP contribution in [0.3, 0.4) is 0 Å². The van der Waals surface area contributed by atoms with Gasteiger partial charge in [0.05, 0.1) is 6.61 Å². The monoisotopic (exact) mass is 337 g/mol. The number of carbonyl (C=O) groups excluding carboxylic acids is 1. The SMILES string of the molecule is CC(C)CC(=O)N[C@@H](OCc1ccccc1)C(Cl)(Cl)Cl. The van der Waals surface area contributed by atoms with Crippen molar-refractivity contribution >= 4 is 40.7 Å². The summed E-state index contributed by atoms with van der Waals surface area (Å²) in [5.74, 6) is 0.0181. The first kappa shape index (κ1) is 17.6. The summed E-state index contributed by atoms with van der Waals surface area (Å²) < 4.78 is 3.80. The first-order valence-corrected chi connectivity index (χ1v) is 7.44. The lowest BCUT2D eigenvalue weighted by Crippen LogP contribution is -2.45. The molecule has 1 aromatic rings. The van der Waals surface area contributed by atoms with Crippen LogP contribution in [0.1, 0.15) is 25.8 Å². The molecule has 1 aromatic carbocycles. The third-order valence-electron chi connectivity index (χ3n) is 2.44. The Balaban J connectivity index is 2.59. The topological polar surface area (TPSA) is 38.3 Å². The van der Waals surface area contributed by atoms with Crippen molar-refractivity contribution in [2.45, 2.75) is 36.9 Å². The normalized spacial score (nSPS) is 13.3.